The highest BCUT2D eigenvalue weighted by molar-refractivity contribution is 5.69. The van der Waals surface area contributed by atoms with Crippen molar-refractivity contribution in [3.63, 3.8) is 0 Å². The van der Waals surface area contributed by atoms with E-state index in [4.69, 9.17) is 5.11 Å². The van der Waals surface area contributed by atoms with E-state index in [2.05, 4.69) is 0 Å². The number of aliphatic carboxylic acids is 1. The minimum absolute atomic E-state index is 0.000428. The molecule has 0 spiro atoms. The van der Waals surface area contributed by atoms with E-state index in [1.165, 1.54) is 0 Å². The predicted molar refractivity (Wildman–Crippen MR) is 96.5 cm³/mol. The van der Waals surface area contributed by atoms with Crippen molar-refractivity contribution in [2.24, 2.45) is 5.92 Å². The summed E-state index contributed by atoms with van der Waals surface area (Å²) in [4.78, 5) is 12.8. The first-order valence-corrected chi connectivity index (χ1v) is 9.01. The lowest BCUT2D eigenvalue weighted by molar-refractivity contribution is -0.139. The molecule has 0 aromatic heterocycles. The average Bonchev–Trinajstić information content (AvgIpc) is 2.64. The first-order valence-electron chi connectivity index (χ1n) is 9.01. The summed E-state index contributed by atoms with van der Waals surface area (Å²) in [5, 5.41) is 8.95. The molecule has 0 saturated carbocycles. The lowest BCUT2D eigenvalue weighted by Crippen LogP contribution is -2.38. The zero-order valence-corrected chi connectivity index (χ0v) is 14.8. The van der Waals surface area contributed by atoms with Crippen LogP contribution in [0.5, 0.6) is 0 Å². The largest absolute Gasteiger partial charge is 0.480 e. The average molecular weight is 377 g/mol. The summed E-state index contributed by atoms with van der Waals surface area (Å²) in [5.74, 6) is -0.578. The maximum absolute atomic E-state index is 12.9. The highest BCUT2D eigenvalue weighted by Crippen LogP contribution is 2.39. The second kappa shape index (κ2) is 8.13. The van der Waals surface area contributed by atoms with Gasteiger partial charge in [-0.2, -0.15) is 13.2 Å². The van der Waals surface area contributed by atoms with Gasteiger partial charge in [0.1, 0.15) is 0 Å². The first kappa shape index (κ1) is 19.4. The molecular weight excluding hydrogens is 355 g/mol. The van der Waals surface area contributed by atoms with Crippen molar-refractivity contribution in [3.8, 4) is 0 Å². The van der Waals surface area contributed by atoms with Crippen LogP contribution >= 0.6 is 0 Å². The van der Waals surface area contributed by atoms with Crippen LogP contribution in [0.3, 0.4) is 0 Å². The van der Waals surface area contributed by atoms with Gasteiger partial charge in [0.25, 0.3) is 0 Å². The van der Waals surface area contributed by atoms with Gasteiger partial charge in [0.15, 0.2) is 0 Å². The number of carboxylic acid groups (broad SMARTS) is 1. The Balaban J connectivity index is 1.84. The fourth-order valence-corrected chi connectivity index (χ4v) is 3.91. The molecule has 1 saturated heterocycles. The molecule has 1 unspecified atom stereocenters. The van der Waals surface area contributed by atoms with Gasteiger partial charge in [0.05, 0.1) is 12.1 Å². The Morgan fingerprint density at radius 1 is 1.00 bits per heavy atom. The number of hydrogen-bond donors (Lipinski definition) is 1. The van der Waals surface area contributed by atoms with E-state index in [9.17, 15) is 18.0 Å². The summed E-state index contributed by atoms with van der Waals surface area (Å²) >= 11 is 0. The quantitative estimate of drug-likeness (QED) is 0.826. The Morgan fingerprint density at radius 3 is 2.07 bits per heavy atom. The summed E-state index contributed by atoms with van der Waals surface area (Å²) in [6, 6.07) is 15.2. The molecule has 1 heterocycles. The molecule has 1 aliphatic heterocycles. The molecule has 3 rings (SSSR count). The fourth-order valence-electron chi connectivity index (χ4n) is 3.91. The van der Waals surface area contributed by atoms with Crippen LogP contribution in [0.4, 0.5) is 13.2 Å². The highest BCUT2D eigenvalue weighted by atomic mass is 19.4. The van der Waals surface area contributed by atoms with Gasteiger partial charge >= 0.3 is 12.1 Å². The van der Waals surface area contributed by atoms with Gasteiger partial charge in [0.2, 0.25) is 0 Å². The molecular formula is C21H22F3NO2. The molecule has 2 aromatic carbocycles. The minimum atomic E-state index is -4.34. The molecule has 6 heteroatoms. The number of nitrogens with zero attached hydrogens (tertiary/aromatic N) is 1. The molecule has 3 nitrogen and oxygen atoms in total. The van der Waals surface area contributed by atoms with Gasteiger partial charge in [-0.1, -0.05) is 42.5 Å². The second-order valence-electron chi connectivity index (χ2n) is 7.02. The smallest absolute Gasteiger partial charge is 0.416 e. The van der Waals surface area contributed by atoms with Crippen LogP contribution in [0.25, 0.3) is 0 Å². The van der Waals surface area contributed by atoms with Crippen LogP contribution in [-0.4, -0.2) is 35.6 Å². The molecule has 1 aliphatic rings. The van der Waals surface area contributed by atoms with Crippen LogP contribution < -0.4 is 0 Å². The zero-order chi connectivity index (χ0) is 19.4. The van der Waals surface area contributed by atoms with Gasteiger partial charge in [-0.15, -0.1) is 0 Å². The van der Waals surface area contributed by atoms with Crippen molar-refractivity contribution < 1.29 is 23.1 Å². The number of alkyl halides is 3. The molecule has 27 heavy (non-hydrogen) atoms. The molecule has 2 aromatic rings. The molecule has 1 fully saturated rings. The number of halogens is 3. The maximum Gasteiger partial charge on any atom is 0.416 e. The van der Waals surface area contributed by atoms with E-state index in [0.29, 0.717) is 13.1 Å². The molecule has 144 valence electrons. The Bertz CT molecular complexity index is 751. The Morgan fingerprint density at radius 2 is 1.56 bits per heavy atom. The first-order chi connectivity index (χ1) is 12.8. The van der Waals surface area contributed by atoms with Gasteiger partial charge in [-0.25, -0.2) is 0 Å². The molecule has 0 aliphatic carbocycles. The molecule has 0 radical (unpaired) electrons. The number of piperidine rings is 1. The summed E-state index contributed by atoms with van der Waals surface area (Å²) < 4.78 is 38.7. The molecule has 1 N–H and O–H groups in total. The number of hydrogen-bond acceptors (Lipinski definition) is 2. The lowest BCUT2D eigenvalue weighted by atomic mass is 9.76. The number of likely N-dealkylation sites (tertiary alicyclic amines) is 1. The van der Waals surface area contributed by atoms with Crippen LogP contribution in [-0.2, 0) is 11.0 Å². The topological polar surface area (TPSA) is 40.5 Å². The predicted octanol–water partition coefficient (Wildman–Crippen LogP) is 4.63. The van der Waals surface area contributed by atoms with Crippen molar-refractivity contribution >= 4 is 5.97 Å². The Kier molecular flexibility index (Phi) is 5.85. The zero-order valence-electron chi connectivity index (χ0n) is 14.8. The van der Waals surface area contributed by atoms with Crippen molar-refractivity contribution in [2.45, 2.75) is 24.9 Å². The van der Waals surface area contributed by atoms with Crippen LogP contribution in [0.2, 0.25) is 0 Å². The van der Waals surface area contributed by atoms with Crippen molar-refractivity contribution in [1.82, 2.24) is 4.90 Å². The lowest BCUT2D eigenvalue weighted by Gasteiger charge is -2.36. The molecule has 1 atom stereocenters. The third-order valence-corrected chi connectivity index (χ3v) is 5.22. The number of carbonyl (C=O) groups is 1. The normalized spacial score (nSPS) is 17.6. The second-order valence-corrected chi connectivity index (χ2v) is 7.02. The van der Waals surface area contributed by atoms with Crippen molar-refractivity contribution in [2.75, 3.05) is 19.6 Å². The van der Waals surface area contributed by atoms with Crippen LogP contribution in [0.15, 0.2) is 54.6 Å². The number of benzene rings is 2. The molecule has 0 bridgehead atoms. The van der Waals surface area contributed by atoms with E-state index < -0.39 is 17.7 Å². The SMILES string of the molecule is O=C(O)CN1CCC(C(c2ccccc2)c2ccc(C(F)(F)F)cc2)CC1. The highest BCUT2D eigenvalue weighted by Gasteiger charge is 2.32. The van der Waals surface area contributed by atoms with Gasteiger partial charge in [-0.05, 0) is 55.1 Å². The maximum atomic E-state index is 12.9. The van der Waals surface area contributed by atoms with E-state index in [-0.39, 0.29) is 18.4 Å². The number of carboxylic acids is 1. The van der Waals surface area contributed by atoms with Crippen LogP contribution in [0.1, 0.15) is 35.4 Å². The van der Waals surface area contributed by atoms with E-state index >= 15 is 0 Å². The minimum Gasteiger partial charge on any atom is -0.480 e. The summed E-state index contributed by atoms with van der Waals surface area (Å²) in [6.45, 7) is 1.39. The van der Waals surface area contributed by atoms with Gasteiger partial charge in [0, 0.05) is 5.92 Å². The summed E-state index contributed by atoms with van der Waals surface area (Å²) in [6.07, 6.45) is -2.72. The summed E-state index contributed by atoms with van der Waals surface area (Å²) in [5.41, 5.74) is 1.30. The fraction of sp³-hybridized carbons (Fsp3) is 0.381. The van der Waals surface area contributed by atoms with Gasteiger partial charge < -0.3 is 5.11 Å². The van der Waals surface area contributed by atoms with E-state index in [1.807, 2.05) is 35.2 Å². The van der Waals surface area contributed by atoms with Crippen molar-refractivity contribution in [1.29, 1.82) is 0 Å². The molecule has 0 amide bonds. The monoisotopic (exact) mass is 377 g/mol. The van der Waals surface area contributed by atoms with E-state index in [1.54, 1.807) is 12.1 Å². The van der Waals surface area contributed by atoms with Crippen LogP contribution in [0, 0.1) is 5.92 Å². The third-order valence-electron chi connectivity index (χ3n) is 5.22. The Hall–Kier alpha value is -2.34. The van der Waals surface area contributed by atoms with E-state index in [0.717, 1.165) is 36.1 Å². The third kappa shape index (κ3) is 4.89. The summed E-state index contributed by atoms with van der Waals surface area (Å²) in [7, 11) is 0. The number of rotatable bonds is 5. The standard InChI is InChI=1S/C21H22F3NO2/c22-21(23,24)18-8-6-16(7-9-18)20(15-4-2-1-3-5-15)17-10-12-25(13-11-17)14-19(26)27/h1-9,17,20H,10-14H2,(H,26,27). The van der Waals surface area contributed by atoms with Crippen molar-refractivity contribution in [3.05, 3.63) is 71.3 Å². The van der Waals surface area contributed by atoms with Gasteiger partial charge in [-0.3, -0.25) is 9.69 Å². The Labute approximate surface area is 156 Å².